The first-order valence-electron chi connectivity index (χ1n) is 6.73. The van der Waals surface area contributed by atoms with Crippen molar-refractivity contribution in [2.45, 2.75) is 19.4 Å². The van der Waals surface area contributed by atoms with E-state index in [-0.39, 0.29) is 18.4 Å². The number of rotatable bonds is 4. The lowest BCUT2D eigenvalue weighted by molar-refractivity contribution is -0.121. The predicted octanol–water partition coefficient (Wildman–Crippen LogP) is 4.28. The number of nitrogens with one attached hydrogen (secondary N) is 1. The fourth-order valence-corrected chi connectivity index (χ4v) is 2.62. The molecule has 0 spiro atoms. The second kappa shape index (κ2) is 7.31. The third-order valence-electron chi connectivity index (χ3n) is 3.32. The minimum atomic E-state index is -0.165. The van der Waals surface area contributed by atoms with Crippen LogP contribution in [0.25, 0.3) is 0 Å². The van der Waals surface area contributed by atoms with Gasteiger partial charge in [-0.05, 0) is 42.3 Å². The van der Waals surface area contributed by atoms with Crippen LogP contribution in [-0.2, 0) is 11.2 Å². The first kappa shape index (κ1) is 16.4. The van der Waals surface area contributed by atoms with Crippen molar-refractivity contribution in [2.24, 2.45) is 0 Å². The number of carbonyl (C=O) groups is 1. The molecule has 0 bridgehead atoms. The summed E-state index contributed by atoms with van der Waals surface area (Å²) in [6.07, 6.45) is 0.124. The van der Waals surface area contributed by atoms with Gasteiger partial charge in [0.2, 0.25) is 5.91 Å². The topological polar surface area (TPSA) is 52.9 Å². The number of nitrogens with zero attached hydrogens (tertiary/aromatic N) is 1. The Labute approximate surface area is 139 Å². The van der Waals surface area contributed by atoms with Gasteiger partial charge in [0.05, 0.1) is 24.1 Å². The highest BCUT2D eigenvalue weighted by molar-refractivity contribution is 6.36. The summed E-state index contributed by atoms with van der Waals surface area (Å²) >= 11 is 12.1. The lowest BCUT2D eigenvalue weighted by atomic mass is 10.1. The van der Waals surface area contributed by atoms with Crippen LogP contribution in [0.5, 0.6) is 0 Å². The Kier molecular flexibility index (Phi) is 5.43. The van der Waals surface area contributed by atoms with E-state index in [1.165, 1.54) is 0 Å². The average Bonchev–Trinajstić information content (AvgIpc) is 2.51. The van der Waals surface area contributed by atoms with Crippen molar-refractivity contribution in [3.8, 4) is 6.07 Å². The molecule has 22 heavy (non-hydrogen) atoms. The number of nitriles is 1. The molecule has 0 aromatic heterocycles. The van der Waals surface area contributed by atoms with Crippen LogP contribution in [-0.4, -0.2) is 5.91 Å². The van der Waals surface area contributed by atoms with Gasteiger partial charge in [-0.1, -0.05) is 41.4 Å². The van der Waals surface area contributed by atoms with Gasteiger partial charge in [-0.2, -0.15) is 5.26 Å². The average molecular weight is 333 g/mol. The zero-order valence-electron chi connectivity index (χ0n) is 11.9. The van der Waals surface area contributed by atoms with Crippen molar-refractivity contribution in [2.75, 3.05) is 0 Å². The number of halogens is 2. The van der Waals surface area contributed by atoms with E-state index in [2.05, 4.69) is 11.4 Å². The van der Waals surface area contributed by atoms with E-state index >= 15 is 0 Å². The monoisotopic (exact) mass is 332 g/mol. The number of hydrogen-bond donors (Lipinski definition) is 1. The van der Waals surface area contributed by atoms with Gasteiger partial charge in [0.15, 0.2) is 0 Å². The van der Waals surface area contributed by atoms with Gasteiger partial charge in [-0.25, -0.2) is 0 Å². The number of amides is 1. The Morgan fingerprint density at radius 2 is 1.77 bits per heavy atom. The van der Waals surface area contributed by atoms with Gasteiger partial charge >= 0.3 is 0 Å². The van der Waals surface area contributed by atoms with Gasteiger partial charge in [0, 0.05) is 10.0 Å². The molecular weight excluding hydrogens is 319 g/mol. The zero-order valence-corrected chi connectivity index (χ0v) is 13.4. The molecule has 0 radical (unpaired) electrons. The summed E-state index contributed by atoms with van der Waals surface area (Å²) in [6.45, 7) is 1.88. The molecule has 1 amide bonds. The zero-order chi connectivity index (χ0) is 16.1. The van der Waals surface area contributed by atoms with Crippen LogP contribution in [0.4, 0.5) is 0 Å². The summed E-state index contributed by atoms with van der Waals surface area (Å²) in [5, 5.41) is 12.6. The molecule has 3 nitrogen and oxygen atoms in total. The summed E-state index contributed by atoms with van der Waals surface area (Å²) in [5.41, 5.74) is 2.14. The van der Waals surface area contributed by atoms with Crippen molar-refractivity contribution < 1.29 is 4.79 Å². The quantitative estimate of drug-likeness (QED) is 0.908. The fourth-order valence-electron chi connectivity index (χ4n) is 2.08. The second-order valence-electron chi connectivity index (χ2n) is 4.90. The maximum atomic E-state index is 12.1. The second-order valence-corrected chi connectivity index (χ2v) is 5.71. The molecule has 0 aliphatic heterocycles. The van der Waals surface area contributed by atoms with E-state index in [9.17, 15) is 4.79 Å². The Bertz CT molecular complexity index is 700. The third-order valence-corrected chi connectivity index (χ3v) is 4.02. The van der Waals surface area contributed by atoms with Crippen LogP contribution in [0.15, 0.2) is 42.5 Å². The van der Waals surface area contributed by atoms with Crippen LogP contribution in [0.3, 0.4) is 0 Å². The molecule has 2 aromatic carbocycles. The van der Waals surface area contributed by atoms with Crippen molar-refractivity contribution in [3.05, 3.63) is 69.2 Å². The maximum absolute atomic E-state index is 12.1. The summed E-state index contributed by atoms with van der Waals surface area (Å²) < 4.78 is 0. The van der Waals surface area contributed by atoms with Crippen molar-refractivity contribution in [3.63, 3.8) is 0 Å². The Balaban J connectivity index is 2.03. The SMILES string of the molecule is CC(NC(=O)Cc1c(Cl)cccc1Cl)c1ccc(C#N)cc1. The standard InChI is InChI=1S/C17H14Cl2N2O/c1-11(13-7-5-12(10-20)6-8-13)21-17(22)9-14-15(18)3-2-4-16(14)19/h2-8,11H,9H2,1H3,(H,21,22). The summed E-state index contributed by atoms with van der Waals surface area (Å²) in [7, 11) is 0. The highest BCUT2D eigenvalue weighted by atomic mass is 35.5. The Hall–Kier alpha value is -2.02. The number of carbonyl (C=O) groups excluding carboxylic acids is 1. The molecule has 0 saturated heterocycles. The molecule has 5 heteroatoms. The van der Waals surface area contributed by atoms with Gasteiger partial charge in [-0.3, -0.25) is 4.79 Å². The van der Waals surface area contributed by atoms with Gasteiger partial charge in [0.25, 0.3) is 0 Å². The van der Waals surface area contributed by atoms with Gasteiger partial charge in [-0.15, -0.1) is 0 Å². The van der Waals surface area contributed by atoms with Gasteiger partial charge < -0.3 is 5.32 Å². The van der Waals surface area contributed by atoms with Crippen molar-refractivity contribution in [1.82, 2.24) is 5.32 Å². The molecule has 2 rings (SSSR count). The molecule has 0 saturated carbocycles. The lowest BCUT2D eigenvalue weighted by Gasteiger charge is -2.15. The first-order chi connectivity index (χ1) is 10.5. The van der Waals surface area contributed by atoms with E-state index in [4.69, 9.17) is 28.5 Å². The molecule has 112 valence electrons. The van der Waals surface area contributed by atoms with E-state index in [0.717, 1.165) is 5.56 Å². The minimum Gasteiger partial charge on any atom is -0.349 e. The fraction of sp³-hybridized carbons (Fsp3) is 0.176. The molecule has 0 fully saturated rings. The molecule has 0 heterocycles. The Morgan fingerprint density at radius 3 is 2.32 bits per heavy atom. The molecule has 2 aromatic rings. The summed E-state index contributed by atoms with van der Waals surface area (Å²) in [5.74, 6) is -0.160. The minimum absolute atomic E-state index is 0.124. The number of benzene rings is 2. The highest BCUT2D eigenvalue weighted by Crippen LogP contribution is 2.25. The van der Waals surface area contributed by atoms with Crippen molar-refractivity contribution in [1.29, 1.82) is 5.26 Å². The van der Waals surface area contributed by atoms with Crippen LogP contribution in [0.1, 0.15) is 29.7 Å². The van der Waals surface area contributed by atoms with Crippen LogP contribution < -0.4 is 5.32 Å². The van der Waals surface area contributed by atoms with E-state index < -0.39 is 0 Å². The van der Waals surface area contributed by atoms with Crippen LogP contribution >= 0.6 is 23.2 Å². The molecule has 0 aliphatic rings. The van der Waals surface area contributed by atoms with E-state index in [1.807, 2.05) is 19.1 Å². The third kappa shape index (κ3) is 4.00. The molecular formula is C17H14Cl2N2O. The normalized spacial score (nSPS) is 11.5. The number of hydrogen-bond acceptors (Lipinski definition) is 2. The van der Waals surface area contributed by atoms with E-state index in [1.54, 1.807) is 30.3 Å². The maximum Gasteiger partial charge on any atom is 0.225 e. The molecule has 1 N–H and O–H groups in total. The molecule has 1 unspecified atom stereocenters. The molecule has 1 atom stereocenters. The summed E-state index contributed by atoms with van der Waals surface area (Å²) in [6, 6.07) is 14.2. The molecule has 0 aliphatic carbocycles. The summed E-state index contributed by atoms with van der Waals surface area (Å²) in [4.78, 5) is 12.1. The predicted molar refractivity (Wildman–Crippen MR) is 87.9 cm³/mol. The Morgan fingerprint density at radius 1 is 1.18 bits per heavy atom. The van der Waals surface area contributed by atoms with Crippen LogP contribution in [0.2, 0.25) is 10.0 Å². The van der Waals surface area contributed by atoms with Gasteiger partial charge in [0.1, 0.15) is 0 Å². The van der Waals surface area contributed by atoms with Crippen LogP contribution in [0, 0.1) is 11.3 Å². The largest absolute Gasteiger partial charge is 0.349 e. The van der Waals surface area contributed by atoms with Crippen molar-refractivity contribution >= 4 is 29.1 Å². The highest BCUT2D eigenvalue weighted by Gasteiger charge is 2.13. The first-order valence-corrected chi connectivity index (χ1v) is 7.49. The smallest absolute Gasteiger partial charge is 0.225 e. The van der Waals surface area contributed by atoms with E-state index in [0.29, 0.717) is 21.2 Å². The lowest BCUT2D eigenvalue weighted by Crippen LogP contribution is -2.28.